The molecule has 0 saturated carbocycles. The van der Waals surface area contributed by atoms with Gasteiger partial charge in [-0.1, -0.05) is 6.07 Å². The van der Waals surface area contributed by atoms with Gasteiger partial charge in [0.15, 0.2) is 11.9 Å². The van der Waals surface area contributed by atoms with Crippen LogP contribution in [-0.4, -0.2) is 18.6 Å². The molecule has 0 unspecified atom stereocenters. The summed E-state index contributed by atoms with van der Waals surface area (Å²) in [5.41, 5.74) is 4.57. The number of methoxy groups -OCH3 is 1. The predicted octanol–water partition coefficient (Wildman–Crippen LogP) is -0.247. The lowest BCUT2D eigenvalue weighted by molar-refractivity contribution is -0.614. The third kappa shape index (κ3) is 2.66. The highest BCUT2D eigenvalue weighted by Gasteiger charge is 2.32. The largest absolute Gasteiger partial charge is 0.619 e. The van der Waals surface area contributed by atoms with Crippen molar-refractivity contribution in [3.63, 3.8) is 0 Å². The molecule has 0 spiro atoms. The van der Waals surface area contributed by atoms with E-state index in [1.165, 1.54) is 32.4 Å². The maximum atomic E-state index is 11.4. The van der Waals surface area contributed by atoms with Crippen molar-refractivity contribution in [1.29, 1.82) is 0 Å². The smallest absolute Gasteiger partial charge is 0.326 e. The lowest BCUT2D eigenvalue weighted by Gasteiger charge is -2.20. The maximum absolute atomic E-state index is 11.4. The molecule has 0 aliphatic rings. The second-order valence-electron chi connectivity index (χ2n) is 3.51. The number of ether oxygens (including phenoxy) is 1. The van der Waals surface area contributed by atoms with Gasteiger partial charge in [0.1, 0.15) is 5.54 Å². The van der Waals surface area contributed by atoms with Crippen LogP contribution in [0.15, 0.2) is 24.4 Å². The Labute approximate surface area is 89.5 Å². The van der Waals surface area contributed by atoms with Crippen LogP contribution in [0.2, 0.25) is 0 Å². The molecule has 5 heteroatoms. The molecule has 1 aromatic heterocycles. The molecule has 0 radical (unpaired) electrons. The Hall–Kier alpha value is -1.62. The first kappa shape index (κ1) is 9.92. The highest BCUT2D eigenvalue weighted by Crippen LogP contribution is 2.08. The van der Waals surface area contributed by atoms with E-state index in [0.29, 0.717) is 4.73 Å². The summed E-state index contributed by atoms with van der Waals surface area (Å²) in [6, 6.07) is 2.99. The second kappa shape index (κ2) is 4.27. The summed E-state index contributed by atoms with van der Waals surface area (Å²) >= 11 is 0. The summed E-state index contributed by atoms with van der Waals surface area (Å²) in [5, 5.41) is 11.4. The lowest BCUT2D eigenvalue weighted by atomic mass is 9.97. The monoisotopic (exact) mass is 211 g/mol. The summed E-state index contributed by atoms with van der Waals surface area (Å²) in [6.07, 6.45) is 1.23. The fraction of sp³-hybridized carbons (Fsp3) is 0.400. The van der Waals surface area contributed by atoms with Gasteiger partial charge in [0.2, 0.25) is 0 Å². The SMILES string of the molecule is [2H]c1ccc[n+]([O-])c1C[C@](C)(N)C(=O)OC. The molecule has 5 nitrogen and oxygen atoms in total. The molecule has 0 saturated heterocycles. The van der Waals surface area contributed by atoms with Crippen molar-refractivity contribution >= 4 is 5.97 Å². The predicted molar refractivity (Wildman–Crippen MR) is 53.7 cm³/mol. The van der Waals surface area contributed by atoms with Crippen LogP contribution in [0.4, 0.5) is 0 Å². The van der Waals surface area contributed by atoms with Gasteiger partial charge >= 0.3 is 5.97 Å². The van der Waals surface area contributed by atoms with Crippen LogP contribution >= 0.6 is 0 Å². The van der Waals surface area contributed by atoms with Gasteiger partial charge in [0.25, 0.3) is 0 Å². The maximum Gasteiger partial charge on any atom is 0.326 e. The van der Waals surface area contributed by atoms with Gasteiger partial charge in [-0.2, -0.15) is 4.73 Å². The molecule has 0 aromatic carbocycles. The minimum atomic E-state index is -1.31. The summed E-state index contributed by atoms with van der Waals surface area (Å²) in [5.74, 6) is -0.615. The second-order valence-corrected chi connectivity index (χ2v) is 3.51. The average Bonchev–Trinajstić information content (AvgIpc) is 2.22. The van der Waals surface area contributed by atoms with Crippen molar-refractivity contribution in [3.05, 3.63) is 35.3 Å². The Kier molecular flexibility index (Phi) is 2.82. The third-order valence-corrected chi connectivity index (χ3v) is 2.02. The van der Waals surface area contributed by atoms with Gasteiger partial charge in [-0.25, -0.2) is 0 Å². The number of esters is 1. The standard InChI is InChI=1S/C10H14N2O3/c1-10(11,9(13)15-2)7-8-5-3-4-6-12(8)14/h3-6H,7,11H2,1-2H3/t10-/m0/s1/i5D. The number of rotatable bonds is 3. The average molecular weight is 211 g/mol. The Bertz CT molecular complexity index is 387. The van der Waals surface area contributed by atoms with E-state index in [-0.39, 0.29) is 18.2 Å². The number of carbonyl (C=O) groups excluding carboxylic acids is 1. The first-order valence-electron chi connectivity index (χ1n) is 4.93. The van der Waals surface area contributed by atoms with Gasteiger partial charge < -0.3 is 15.7 Å². The van der Waals surface area contributed by atoms with Gasteiger partial charge in [-0.15, -0.1) is 0 Å². The molecule has 2 N–H and O–H groups in total. The Balaban J connectivity index is 3.00. The van der Waals surface area contributed by atoms with E-state index in [1.54, 1.807) is 0 Å². The van der Waals surface area contributed by atoms with E-state index in [2.05, 4.69) is 4.74 Å². The van der Waals surface area contributed by atoms with E-state index in [0.717, 1.165) is 0 Å². The Morgan fingerprint density at radius 2 is 2.47 bits per heavy atom. The first-order valence-corrected chi connectivity index (χ1v) is 4.43. The van der Waals surface area contributed by atoms with Crippen molar-refractivity contribution in [1.82, 2.24) is 0 Å². The van der Waals surface area contributed by atoms with Crippen molar-refractivity contribution in [2.75, 3.05) is 7.11 Å². The molecule has 0 aliphatic carbocycles. The van der Waals surface area contributed by atoms with Gasteiger partial charge in [-0.05, 0) is 6.92 Å². The van der Waals surface area contributed by atoms with Crippen LogP contribution < -0.4 is 10.5 Å². The van der Waals surface area contributed by atoms with E-state index >= 15 is 0 Å². The summed E-state index contributed by atoms with van der Waals surface area (Å²) in [6.45, 7) is 1.46. The first-order chi connectivity index (χ1) is 7.38. The van der Waals surface area contributed by atoms with E-state index in [1.807, 2.05) is 0 Å². The fourth-order valence-electron chi connectivity index (χ4n) is 1.20. The van der Waals surface area contributed by atoms with Crippen LogP contribution in [0, 0.1) is 5.21 Å². The van der Waals surface area contributed by atoms with E-state index < -0.39 is 11.5 Å². The molecular weight excluding hydrogens is 196 g/mol. The van der Waals surface area contributed by atoms with Crippen molar-refractivity contribution in [2.45, 2.75) is 18.9 Å². The minimum Gasteiger partial charge on any atom is -0.619 e. The Morgan fingerprint density at radius 1 is 1.80 bits per heavy atom. The minimum absolute atomic E-state index is 0.0388. The quantitative estimate of drug-likeness (QED) is 0.425. The van der Waals surface area contributed by atoms with Crippen LogP contribution in [0.5, 0.6) is 0 Å². The lowest BCUT2D eigenvalue weighted by Crippen LogP contribution is -2.50. The fourth-order valence-corrected chi connectivity index (χ4v) is 1.20. The molecule has 1 aromatic rings. The van der Waals surface area contributed by atoms with E-state index in [4.69, 9.17) is 7.10 Å². The molecule has 0 aliphatic heterocycles. The summed E-state index contributed by atoms with van der Waals surface area (Å²) < 4.78 is 12.6. The van der Waals surface area contributed by atoms with Gasteiger partial charge in [0.05, 0.1) is 14.9 Å². The van der Waals surface area contributed by atoms with Gasteiger partial charge in [-0.3, -0.25) is 4.79 Å². The van der Waals surface area contributed by atoms with Crippen LogP contribution in [0.1, 0.15) is 14.0 Å². The topological polar surface area (TPSA) is 79.3 Å². The van der Waals surface area contributed by atoms with Crippen LogP contribution in [0.25, 0.3) is 0 Å². The number of carbonyl (C=O) groups is 1. The zero-order valence-electron chi connectivity index (χ0n) is 9.69. The number of aromatic nitrogens is 1. The zero-order valence-corrected chi connectivity index (χ0v) is 8.69. The molecule has 82 valence electrons. The molecular formula is C10H14N2O3. The number of nitrogens with two attached hydrogens (primary N) is 1. The normalized spacial score (nSPS) is 15.3. The molecule has 1 rings (SSSR count). The summed E-state index contributed by atoms with van der Waals surface area (Å²) in [7, 11) is 1.23. The van der Waals surface area contributed by atoms with E-state index in [9.17, 15) is 10.0 Å². The number of nitrogens with zero attached hydrogens (tertiary/aromatic N) is 1. The molecule has 15 heavy (non-hydrogen) atoms. The highest BCUT2D eigenvalue weighted by atomic mass is 16.5. The molecule has 1 heterocycles. The molecule has 0 amide bonds. The van der Waals surface area contributed by atoms with Crippen molar-refractivity contribution in [3.8, 4) is 0 Å². The van der Waals surface area contributed by atoms with Crippen LogP contribution in [-0.2, 0) is 16.0 Å². The summed E-state index contributed by atoms with van der Waals surface area (Å²) in [4.78, 5) is 11.3. The van der Waals surface area contributed by atoms with Crippen molar-refractivity contribution in [2.24, 2.45) is 5.73 Å². The molecule has 1 atom stereocenters. The molecule has 0 fully saturated rings. The highest BCUT2D eigenvalue weighted by molar-refractivity contribution is 5.80. The van der Waals surface area contributed by atoms with Crippen molar-refractivity contribution < 1.29 is 15.6 Å². The Morgan fingerprint density at radius 3 is 3.00 bits per heavy atom. The third-order valence-electron chi connectivity index (χ3n) is 2.02. The number of hydrogen-bond acceptors (Lipinski definition) is 4. The number of pyridine rings is 1. The number of hydrogen-bond donors (Lipinski definition) is 1. The zero-order chi connectivity index (χ0) is 12.3. The van der Waals surface area contributed by atoms with Gasteiger partial charge in [0, 0.05) is 12.1 Å². The van der Waals surface area contributed by atoms with Crippen LogP contribution in [0.3, 0.4) is 0 Å². The molecule has 0 bridgehead atoms.